The van der Waals surface area contributed by atoms with Crippen molar-refractivity contribution in [3.63, 3.8) is 0 Å². The lowest BCUT2D eigenvalue weighted by Crippen LogP contribution is -2.14. The number of ether oxygens (including phenoxy) is 2. The van der Waals surface area contributed by atoms with Crippen molar-refractivity contribution < 1.29 is 14.3 Å². The Morgan fingerprint density at radius 2 is 1.89 bits per heavy atom. The van der Waals surface area contributed by atoms with Crippen molar-refractivity contribution in [3.8, 4) is 5.75 Å². The van der Waals surface area contributed by atoms with E-state index in [9.17, 15) is 4.79 Å². The van der Waals surface area contributed by atoms with Gasteiger partial charge in [0.15, 0.2) is 23.9 Å². The van der Waals surface area contributed by atoms with Gasteiger partial charge < -0.3 is 26.3 Å². The lowest BCUT2D eigenvalue weighted by molar-refractivity contribution is 0.0456. The highest BCUT2D eigenvalue weighted by Gasteiger charge is 2.15. The van der Waals surface area contributed by atoms with Gasteiger partial charge in [-0.2, -0.15) is 15.0 Å². The molecule has 0 atom stereocenters. The van der Waals surface area contributed by atoms with Crippen LogP contribution in [0.3, 0.4) is 0 Å². The van der Waals surface area contributed by atoms with E-state index in [1.807, 2.05) is 12.1 Å². The Hall–Kier alpha value is -4.02. The van der Waals surface area contributed by atoms with E-state index in [0.29, 0.717) is 11.4 Å². The fraction of sp³-hybridized carbons (Fsp3) is 0.125. The number of hydrogen-bond acceptors (Lipinski definition) is 11. The van der Waals surface area contributed by atoms with Crippen molar-refractivity contribution >= 4 is 29.4 Å². The maximum atomic E-state index is 12.0. The number of carbonyl (C=O) groups is 1. The van der Waals surface area contributed by atoms with Crippen molar-refractivity contribution in [2.45, 2.75) is 6.61 Å². The van der Waals surface area contributed by atoms with Crippen molar-refractivity contribution in [2.75, 3.05) is 23.9 Å². The van der Waals surface area contributed by atoms with Crippen LogP contribution in [-0.2, 0) is 11.3 Å². The van der Waals surface area contributed by atoms with Crippen LogP contribution < -0.4 is 21.5 Å². The summed E-state index contributed by atoms with van der Waals surface area (Å²) in [5.41, 5.74) is 11.9. The smallest absolute Gasteiger partial charge is 0.361 e. The summed E-state index contributed by atoms with van der Waals surface area (Å²) in [6, 6.07) is 7.22. The van der Waals surface area contributed by atoms with Crippen LogP contribution in [0.25, 0.3) is 0 Å². The molecule has 0 aliphatic rings. The fourth-order valence-corrected chi connectivity index (χ4v) is 2.13. The number of para-hydroxylation sites is 2. The van der Waals surface area contributed by atoms with Crippen molar-refractivity contribution in [3.05, 3.63) is 48.2 Å². The van der Waals surface area contributed by atoms with E-state index >= 15 is 0 Å². The third kappa shape index (κ3) is 4.34. The molecule has 5 N–H and O–H groups in total. The van der Waals surface area contributed by atoms with Crippen LogP contribution in [0.2, 0.25) is 0 Å². The molecule has 3 rings (SSSR count). The van der Waals surface area contributed by atoms with Crippen LogP contribution >= 0.6 is 0 Å². The van der Waals surface area contributed by atoms with Gasteiger partial charge in [0, 0.05) is 12.4 Å². The summed E-state index contributed by atoms with van der Waals surface area (Å²) in [4.78, 5) is 31.8. The largest absolute Gasteiger partial charge is 0.495 e. The van der Waals surface area contributed by atoms with Crippen LogP contribution in [0.1, 0.15) is 16.3 Å². The lowest BCUT2D eigenvalue weighted by atomic mass is 10.3. The Morgan fingerprint density at radius 3 is 2.67 bits per heavy atom. The molecule has 3 aromatic rings. The van der Waals surface area contributed by atoms with Crippen molar-refractivity contribution in [1.29, 1.82) is 0 Å². The van der Waals surface area contributed by atoms with Gasteiger partial charge in [0.2, 0.25) is 11.9 Å². The highest BCUT2D eigenvalue weighted by atomic mass is 16.5. The van der Waals surface area contributed by atoms with Gasteiger partial charge in [-0.3, -0.25) is 0 Å². The van der Waals surface area contributed by atoms with Gasteiger partial charge in [-0.15, -0.1) is 0 Å². The minimum absolute atomic E-state index is 0.0313. The number of nitrogen functional groups attached to an aromatic ring is 2. The van der Waals surface area contributed by atoms with E-state index in [2.05, 4.69) is 30.2 Å². The summed E-state index contributed by atoms with van der Waals surface area (Å²) in [5.74, 6) is 0.109. The molecule has 0 saturated heterocycles. The molecular formula is C16H16N8O3. The van der Waals surface area contributed by atoms with E-state index in [-0.39, 0.29) is 35.8 Å². The molecule has 11 heteroatoms. The van der Waals surface area contributed by atoms with E-state index < -0.39 is 5.97 Å². The first-order valence-corrected chi connectivity index (χ1v) is 7.71. The molecule has 0 unspecified atom stereocenters. The first-order valence-electron chi connectivity index (χ1n) is 7.71. The summed E-state index contributed by atoms with van der Waals surface area (Å²) < 4.78 is 10.4. The number of nitrogens with one attached hydrogen (secondary N) is 1. The number of hydrogen-bond donors (Lipinski definition) is 3. The van der Waals surface area contributed by atoms with Gasteiger partial charge in [-0.05, 0) is 12.1 Å². The molecule has 0 radical (unpaired) electrons. The molecule has 2 aromatic heterocycles. The van der Waals surface area contributed by atoms with Crippen LogP contribution in [0.5, 0.6) is 5.75 Å². The Morgan fingerprint density at radius 1 is 1.11 bits per heavy atom. The standard InChI is InChI=1S/C16H16N8O3/c1-26-10-5-3-2-4-9(10)21-16-23-11(22-15(18)24-16)8-27-14(25)12-13(17)20-7-6-19-12/h2-7H,8H2,1H3,(H2,17,20)(H3,18,21,22,23,24). The predicted octanol–water partition coefficient (Wildman–Crippen LogP) is 0.935. The van der Waals surface area contributed by atoms with E-state index in [4.69, 9.17) is 20.9 Å². The zero-order valence-electron chi connectivity index (χ0n) is 14.3. The average Bonchev–Trinajstić information content (AvgIpc) is 2.66. The van der Waals surface area contributed by atoms with Crippen LogP contribution in [0.4, 0.5) is 23.4 Å². The van der Waals surface area contributed by atoms with Gasteiger partial charge in [0.1, 0.15) is 5.75 Å². The van der Waals surface area contributed by atoms with Gasteiger partial charge in [0.25, 0.3) is 0 Å². The number of nitrogens with two attached hydrogens (primary N) is 2. The molecule has 1 aromatic carbocycles. The second-order valence-corrected chi connectivity index (χ2v) is 5.13. The molecule has 27 heavy (non-hydrogen) atoms. The molecule has 0 aliphatic carbocycles. The topological polar surface area (TPSA) is 164 Å². The number of aromatic nitrogens is 5. The molecule has 0 saturated carbocycles. The zero-order chi connectivity index (χ0) is 19.2. The summed E-state index contributed by atoms with van der Waals surface area (Å²) in [5, 5.41) is 2.98. The number of benzene rings is 1. The first kappa shape index (κ1) is 17.8. The molecule has 0 spiro atoms. The Labute approximate surface area is 153 Å². The van der Waals surface area contributed by atoms with Crippen LogP contribution in [0, 0.1) is 0 Å². The SMILES string of the molecule is COc1ccccc1Nc1nc(N)nc(COC(=O)c2nccnc2N)n1. The van der Waals surface area contributed by atoms with Gasteiger partial charge in [0.05, 0.1) is 12.8 Å². The second kappa shape index (κ2) is 7.91. The Bertz CT molecular complexity index is 966. The first-order chi connectivity index (χ1) is 13.1. The second-order valence-electron chi connectivity index (χ2n) is 5.13. The van der Waals surface area contributed by atoms with Crippen LogP contribution in [-0.4, -0.2) is 38.0 Å². The van der Waals surface area contributed by atoms with E-state index in [0.717, 1.165) is 0 Å². The molecular weight excluding hydrogens is 352 g/mol. The summed E-state index contributed by atoms with van der Waals surface area (Å²) >= 11 is 0. The fourth-order valence-electron chi connectivity index (χ4n) is 2.13. The quantitative estimate of drug-likeness (QED) is 0.530. The molecule has 138 valence electrons. The van der Waals surface area contributed by atoms with E-state index in [1.165, 1.54) is 12.4 Å². The van der Waals surface area contributed by atoms with Gasteiger partial charge >= 0.3 is 5.97 Å². The number of methoxy groups -OCH3 is 1. The van der Waals surface area contributed by atoms with Crippen molar-refractivity contribution in [2.24, 2.45) is 0 Å². The maximum absolute atomic E-state index is 12.0. The zero-order valence-corrected chi connectivity index (χ0v) is 14.3. The van der Waals surface area contributed by atoms with Gasteiger partial charge in [-0.25, -0.2) is 14.8 Å². The maximum Gasteiger partial charge on any atom is 0.361 e. The van der Waals surface area contributed by atoms with E-state index in [1.54, 1.807) is 19.2 Å². The highest BCUT2D eigenvalue weighted by Crippen LogP contribution is 2.25. The minimum atomic E-state index is -0.751. The average molecular weight is 368 g/mol. The summed E-state index contributed by atoms with van der Waals surface area (Å²) in [6.07, 6.45) is 2.71. The molecule has 2 heterocycles. The lowest BCUT2D eigenvalue weighted by Gasteiger charge is -2.11. The summed E-state index contributed by atoms with van der Waals surface area (Å²) in [7, 11) is 1.55. The van der Waals surface area contributed by atoms with Crippen molar-refractivity contribution in [1.82, 2.24) is 24.9 Å². The monoisotopic (exact) mass is 368 g/mol. The van der Waals surface area contributed by atoms with Crippen LogP contribution in [0.15, 0.2) is 36.7 Å². The Balaban J connectivity index is 1.74. The van der Waals surface area contributed by atoms with Gasteiger partial charge in [-0.1, -0.05) is 12.1 Å². The predicted molar refractivity (Wildman–Crippen MR) is 96.1 cm³/mol. The number of carbonyl (C=O) groups excluding carboxylic acids is 1. The third-order valence-electron chi connectivity index (χ3n) is 3.30. The summed E-state index contributed by atoms with van der Waals surface area (Å²) in [6.45, 7) is -0.248. The molecule has 0 amide bonds. The molecule has 11 nitrogen and oxygen atoms in total. The number of nitrogens with zero attached hydrogens (tertiary/aromatic N) is 5. The molecule has 0 bridgehead atoms. The number of esters is 1. The minimum Gasteiger partial charge on any atom is -0.495 e. The Kier molecular flexibility index (Phi) is 5.21. The highest BCUT2D eigenvalue weighted by molar-refractivity contribution is 5.91. The normalized spacial score (nSPS) is 10.3. The number of anilines is 4. The molecule has 0 aliphatic heterocycles. The number of rotatable bonds is 6. The molecule has 0 fully saturated rings. The third-order valence-corrected chi connectivity index (χ3v) is 3.30.